The van der Waals surface area contributed by atoms with Gasteiger partial charge in [-0.05, 0) is 63.3 Å². The Hall–Kier alpha value is -2.02. The molecule has 0 saturated carbocycles. The van der Waals surface area contributed by atoms with Gasteiger partial charge in [0.1, 0.15) is 0 Å². The molecule has 2 aliphatic carbocycles. The zero-order valence-electron chi connectivity index (χ0n) is 15.7. The molecule has 2 unspecified atom stereocenters. The quantitative estimate of drug-likeness (QED) is 0.607. The van der Waals surface area contributed by atoms with Crippen LogP contribution < -0.4 is 5.32 Å². The third-order valence-corrected chi connectivity index (χ3v) is 6.79. The molecule has 0 radical (unpaired) electrons. The summed E-state index contributed by atoms with van der Waals surface area (Å²) >= 11 is 0. The van der Waals surface area contributed by atoms with E-state index in [1.54, 1.807) is 11.1 Å². The number of fused-ring (bicyclic) bond motifs is 5. The van der Waals surface area contributed by atoms with Crippen molar-refractivity contribution in [2.45, 2.75) is 63.3 Å². The molecule has 0 bridgehead atoms. The Bertz CT molecular complexity index is 942. The first-order valence-electron chi connectivity index (χ1n) is 9.59. The number of allylic oxidation sites excluding steroid dienone is 2. The van der Waals surface area contributed by atoms with E-state index < -0.39 is 0 Å². The van der Waals surface area contributed by atoms with Gasteiger partial charge in [-0.1, -0.05) is 64.1 Å². The molecule has 1 aliphatic heterocycles. The van der Waals surface area contributed by atoms with E-state index in [0.29, 0.717) is 12.0 Å². The van der Waals surface area contributed by atoms with Crippen molar-refractivity contribution in [3.63, 3.8) is 0 Å². The Labute approximate surface area is 150 Å². The maximum atomic E-state index is 3.71. The highest BCUT2D eigenvalue weighted by atomic mass is 15.0. The Morgan fingerprint density at radius 1 is 0.800 bits per heavy atom. The number of nitrogens with one attached hydrogen (secondary N) is 1. The lowest BCUT2D eigenvalue weighted by atomic mass is 9.63. The van der Waals surface area contributed by atoms with Gasteiger partial charge in [0, 0.05) is 11.6 Å². The van der Waals surface area contributed by atoms with Crippen molar-refractivity contribution >= 4 is 16.5 Å². The lowest BCUT2D eigenvalue weighted by molar-refractivity contribution is 0.332. The fourth-order valence-corrected chi connectivity index (χ4v) is 5.00. The molecule has 0 aromatic heterocycles. The summed E-state index contributed by atoms with van der Waals surface area (Å²) in [4.78, 5) is 0. The third-order valence-electron chi connectivity index (χ3n) is 6.79. The summed E-state index contributed by atoms with van der Waals surface area (Å²) in [5.74, 6) is 0.477. The Morgan fingerprint density at radius 2 is 1.40 bits per heavy atom. The van der Waals surface area contributed by atoms with Crippen LogP contribution in [0.5, 0.6) is 0 Å². The highest BCUT2D eigenvalue weighted by Gasteiger charge is 2.37. The van der Waals surface area contributed by atoms with Crippen molar-refractivity contribution < 1.29 is 0 Å². The van der Waals surface area contributed by atoms with Crippen molar-refractivity contribution in [2.75, 3.05) is 5.32 Å². The Morgan fingerprint density at radius 3 is 2.08 bits per heavy atom. The van der Waals surface area contributed by atoms with Crippen LogP contribution in [0.15, 0.2) is 48.6 Å². The van der Waals surface area contributed by atoms with Crippen molar-refractivity contribution in [3.8, 4) is 0 Å². The molecule has 2 aromatic carbocycles. The second-order valence-electron chi connectivity index (χ2n) is 9.42. The molecule has 1 heteroatoms. The molecular weight excluding hydrogens is 302 g/mol. The van der Waals surface area contributed by atoms with Crippen LogP contribution in [0.2, 0.25) is 0 Å². The molecule has 0 spiro atoms. The Kier molecular flexibility index (Phi) is 2.92. The maximum absolute atomic E-state index is 3.71. The first kappa shape index (κ1) is 15.3. The van der Waals surface area contributed by atoms with Crippen LogP contribution in [-0.2, 0) is 10.8 Å². The molecule has 0 fully saturated rings. The number of hydrogen-bond acceptors (Lipinski definition) is 1. The topological polar surface area (TPSA) is 12.0 Å². The highest BCUT2D eigenvalue weighted by molar-refractivity contribution is 5.91. The number of rotatable bonds is 0. The monoisotopic (exact) mass is 329 g/mol. The smallest absolute Gasteiger partial charge is 0.0551 e. The SMILES string of the molecule is CC1(C)CCC(C)(C)c2cc3cc4c(cc3cc21)NC1C=CC=CC41. The summed E-state index contributed by atoms with van der Waals surface area (Å²) in [6, 6.07) is 10.2. The van der Waals surface area contributed by atoms with E-state index >= 15 is 0 Å². The van der Waals surface area contributed by atoms with E-state index in [4.69, 9.17) is 0 Å². The zero-order chi connectivity index (χ0) is 17.4. The van der Waals surface area contributed by atoms with Gasteiger partial charge in [0.25, 0.3) is 0 Å². The van der Waals surface area contributed by atoms with Gasteiger partial charge in [-0.25, -0.2) is 0 Å². The van der Waals surface area contributed by atoms with Crippen molar-refractivity contribution in [2.24, 2.45) is 0 Å². The van der Waals surface area contributed by atoms with Crippen LogP contribution in [-0.4, -0.2) is 6.04 Å². The first-order chi connectivity index (χ1) is 11.9. The average Bonchev–Trinajstić information content (AvgIpc) is 2.93. The van der Waals surface area contributed by atoms with Gasteiger partial charge in [0.05, 0.1) is 6.04 Å². The molecule has 1 heterocycles. The summed E-state index contributed by atoms with van der Waals surface area (Å²) < 4.78 is 0. The molecule has 0 saturated heterocycles. The zero-order valence-corrected chi connectivity index (χ0v) is 15.7. The molecule has 1 N–H and O–H groups in total. The van der Waals surface area contributed by atoms with Gasteiger partial charge in [-0.3, -0.25) is 0 Å². The van der Waals surface area contributed by atoms with Crippen molar-refractivity contribution in [3.05, 3.63) is 65.3 Å². The summed E-state index contributed by atoms with van der Waals surface area (Å²) in [6.45, 7) is 9.63. The van der Waals surface area contributed by atoms with E-state index in [1.807, 2.05) is 0 Å². The lowest BCUT2D eigenvalue weighted by Crippen LogP contribution is -2.33. The predicted molar refractivity (Wildman–Crippen MR) is 108 cm³/mol. The van der Waals surface area contributed by atoms with E-state index in [0.717, 1.165) is 0 Å². The Balaban J connectivity index is 1.74. The average molecular weight is 329 g/mol. The van der Waals surface area contributed by atoms with Gasteiger partial charge in [-0.15, -0.1) is 0 Å². The fourth-order valence-electron chi connectivity index (χ4n) is 5.00. The second kappa shape index (κ2) is 4.78. The molecule has 0 amide bonds. The van der Waals surface area contributed by atoms with Crippen molar-refractivity contribution in [1.82, 2.24) is 0 Å². The molecule has 1 nitrogen and oxygen atoms in total. The lowest BCUT2D eigenvalue weighted by Gasteiger charge is -2.42. The van der Waals surface area contributed by atoms with E-state index in [-0.39, 0.29) is 10.8 Å². The third kappa shape index (κ3) is 2.14. The minimum Gasteiger partial charge on any atom is -0.378 e. The second-order valence-corrected chi connectivity index (χ2v) is 9.42. The van der Waals surface area contributed by atoms with E-state index in [9.17, 15) is 0 Å². The summed E-state index contributed by atoms with van der Waals surface area (Å²) in [5.41, 5.74) is 6.40. The molecule has 128 valence electrons. The fraction of sp³-hybridized carbons (Fsp3) is 0.417. The molecule has 2 aromatic rings. The highest BCUT2D eigenvalue weighted by Crippen LogP contribution is 2.48. The van der Waals surface area contributed by atoms with E-state index in [2.05, 4.69) is 81.6 Å². The minimum absolute atomic E-state index is 0.269. The van der Waals surface area contributed by atoms with Gasteiger partial charge < -0.3 is 5.32 Å². The predicted octanol–water partition coefficient (Wildman–Crippen LogP) is 6.19. The van der Waals surface area contributed by atoms with Gasteiger partial charge in [0.2, 0.25) is 0 Å². The van der Waals surface area contributed by atoms with Crippen molar-refractivity contribution in [1.29, 1.82) is 0 Å². The number of benzene rings is 2. The molecular formula is C24H27N. The summed E-state index contributed by atoms with van der Waals surface area (Å²) in [6.07, 6.45) is 11.5. The summed E-state index contributed by atoms with van der Waals surface area (Å²) in [5, 5.41) is 6.48. The number of hydrogen-bond donors (Lipinski definition) is 1. The molecule has 25 heavy (non-hydrogen) atoms. The largest absolute Gasteiger partial charge is 0.378 e. The molecule has 5 rings (SSSR count). The van der Waals surface area contributed by atoms with Crippen LogP contribution >= 0.6 is 0 Å². The van der Waals surface area contributed by atoms with Crippen LogP contribution in [0.25, 0.3) is 10.8 Å². The minimum atomic E-state index is 0.269. The first-order valence-corrected chi connectivity index (χ1v) is 9.59. The van der Waals surface area contributed by atoms with Gasteiger partial charge >= 0.3 is 0 Å². The van der Waals surface area contributed by atoms with E-state index in [1.165, 1.54) is 34.9 Å². The summed E-state index contributed by atoms with van der Waals surface area (Å²) in [7, 11) is 0. The van der Waals surface area contributed by atoms with Crippen LogP contribution in [0.3, 0.4) is 0 Å². The van der Waals surface area contributed by atoms with Crippen LogP contribution in [0.4, 0.5) is 5.69 Å². The number of anilines is 1. The molecule has 2 atom stereocenters. The normalized spacial score (nSPS) is 27.5. The van der Waals surface area contributed by atoms with Crippen LogP contribution in [0.1, 0.15) is 63.1 Å². The van der Waals surface area contributed by atoms with Gasteiger partial charge in [0.15, 0.2) is 0 Å². The van der Waals surface area contributed by atoms with Gasteiger partial charge in [-0.2, -0.15) is 0 Å². The standard InChI is InChI=1S/C24H27N/c1-23(2)9-10-24(3,4)20-13-16-14-22-18(11-15(16)12-19(20)23)17-7-5-6-8-21(17)25-22/h5-8,11-14,17,21,25H,9-10H2,1-4H3. The maximum Gasteiger partial charge on any atom is 0.0551 e. The molecule has 3 aliphatic rings. The van der Waals surface area contributed by atoms with Crippen LogP contribution in [0, 0.1) is 0 Å².